The highest BCUT2D eigenvalue weighted by molar-refractivity contribution is 5.82. The summed E-state index contributed by atoms with van der Waals surface area (Å²) in [6.07, 6.45) is -0.336. The zero-order valence-corrected chi connectivity index (χ0v) is 16.9. The van der Waals surface area contributed by atoms with Crippen LogP contribution < -0.4 is 10.2 Å². The van der Waals surface area contributed by atoms with Crippen LogP contribution in [0.3, 0.4) is 0 Å². The van der Waals surface area contributed by atoms with Gasteiger partial charge in [-0.15, -0.1) is 0 Å². The topological polar surface area (TPSA) is 107 Å². The van der Waals surface area contributed by atoms with Crippen molar-refractivity contribution in [3.05, 3.63) is 82.5 Å². The maximum Gasteiger partial charge on any atom is 0.416 e. The third kappa shape index (κ3) is 4.12. The number of rotatable bonds is 5. The van der Waals surface area contributed by atoms with Crippen molar-refractivity contribution >= 4 is 11.0 Å². The Morgan fingerprint density at radius 3 is 2.71 bits per heavy atom. The van der Waals surface area contributed by atoms with Gasteiger partial charge >= 0.3 is 6.18 Å². The molecule has 1 N–H and O–H groups in total. The van der Waals surface area contributed by atoms with E-state index >= 15 is 0 Å². The number of nitrogens with zero attached hydrogens (tertiary/aromatic N) is 3. The minimum Gasteiger partial charge on any atom is -0.485 e. The van der Waals surface area contributed by atoms with Crippen LogP contribution in [0.2, 0.25) is 0 Å². The number of halogens is 4. The quantitative estimate of drug-likeness (QED) is 0.360. The monoisotopic (exact) mass is 472 g/mol. The van der Waals surface area contributed by atoms with Gasteiger partial charge in [0, 0.05) is 23.4 Å². The van der Waals surface area contributed by atoms with Crippen LogP contribution >= 0.6 is 0 Å². The minimum atomic E-state index is -4.73. The van der Waals surface area contributed by atoms with E-state index in [9.17, 15) is 22.4 Å². The van der Waals surface area contributed by atoms with Gasteiger partial charge in [-0.2, -0.15) is 23.3 Å². The van der Waals surface area contributed by atoms with Crippen molar-refractivity contribution in [2.24, 2.45) is 0 Å². The van der Waals surface area contributed by atoms with Crippen molar-refractivity contribution in [1.29, 1.82) is 0 Å². The zero-order valence-electron chi connectivity index (χ0n) is 16.9. The molecule has 3 aromatic heterocycles. The van der Waals surface area contributed by atoms with Gasteiger partial charge in [-0.05, 0) is 30.3 Å². The molecular weight excluding hydrogens is 460 g/mol. The lowest BCUT2D eigenvalue weighted by Gasteiger charge is -2.07. The summed E-state index contributed by atoms with van der Waals surface area (Å²) in [6, 6.07) is 6.52. The van der Waals surface area contributed by atoms with E-state index in [0.717, 1.165) is 6.07 Å². The lowest BCUT2D eigenvalue weighted by molar-refractivity contribution is -0.137. The fraction of sp³-hybridized carbons (Fsp3) is 0.0909. The number of hydrogen-bond acceptors (Lipinski definition) is 7. The van der Waals surface area contributed by atoms with Crippen LogP contribution in [-0.2, 0) is 12.8 Å². The predicted molar refractivity (Wildman–Crippen MR) is 109 cm³/mol. The largest absolute Gasteiger partial charge is 0.485 e. The van der Waals surface area contributed by atoms with Gasteiger partial charge in [-0.25, -0.2) is 4.39 Å². The van der Waals surface area contributed by atoms with Crippen LogP contribution in [0.1, 0.15) is 11.4 Å². The van der Waals surface area contributed by atoms with E-state index in [1.54, 1.807) is 12.3 Å². The number of hydrogen-bond donors (Lipinski definition) is 1. The molecule has 0 saturated carbocycles. The summed E-state index contributed by atoms with van der Waals surface area (Å²) in [5.74, 6) is -1.04. The second-order valence-electron chi connectivity index (χ2n) is 7.15. The van der Waals surface area contributed by atoms with E-state index in [2.05, 4.69) is 20.3 Å². The van der Waals surface area contributed by atoms with Crippen LogP contribution in [0.25, 0.3) is 33.6 Å². The molecule has 12 heteroatoms. The zero-order chi connectivity index (χ0) is 23.9. The summed E-state index contributed by atoms with van der Waals surface area (Å²) in [7, 11) is 0. The lowest BCUT2D eigenvalue weighted by Crippen LogP contribution is -2.05. The number of benzene rings is 2. The number of nitrogens with one attached hydrogen (secondary N) is 1. The Balaban J connectivity index is 1.34. The molecule has 172 valence electrons. The third-order valence-corrected chi connectivity index (χ3v) is 4.86. The van der Waals surface area contributed by atoms with Gasteiger partial charge in [-0.1, -0.05) is 5.16 Å². The second kappa shape index (κ2) is 8.14. The minimum absolute atomic E-state index is 0.0182. The molecule has 3 heterocycles. The normalized spacial score (nSPS) is 11.8. The molecule has 0 fully saturated rings. The maximum atomic E-state index is 13.6. The third-order valence-electron chi connectivity index (χ3n) is 4.86. The number of ether oxygens (including phenoxy) is 1. The van der Waals surface area contributed by atoms with E-state index in [1.807, 2.05) is 0 Å². The standard InChI is InChI=1S/C22H12F4N4O4/c23-14-4-11(3-13(5-14)22(24,25)26)21-29-19(30-34-21)10-32-15-1-2-16-18(6-15)33-9-17(20(16)31)12-7-27-28-8-12/h1-9H,10H2,(H,27,28). The highest BCUT2D eigenvalue weighted by Gasteiger charge is 2.32. The van der Waals surface area contributed by atoms with Gasteiger partial charge in [-0.3, -0.25) is 9.89 Å². The molecule has 5 aromatic rings. The van der Waals surface area contributed by atoms with Crippen LogP contribution in [0.15, 0.2) is 68.8 Å². The summed E-state index contributed by atoms with van der Waals surface area (Å²) in [4.78, 5) is 16.7. The lowest BCUT2D eigenvalue weighted by atomic mass is 10.1. The molecule has 0 unspecified atom stereocenters. The molecule has 0 atom stereocenters. The number of H-pyrrole nitrogens is 1. The first-order valence-corrected chi connectivity index (χ1v) is 9.66. The SMILES string of the molecule is O=c1c(-c2cn[nH]c2)coc2cc(OCc3noc(-c4cc(F)cc(C(F)(F)F)c4)n3)ccc12. The van der Waals surface area contributed by atoms with E-state index in [-0.39, 0.29) is 34.9 Å². The number of fused-ring (bicyclic) bond motifs is 1. The van der Waals surface area contributed by atoms with Crippen molar-refractivity contribution < 1.29 is 31.2 Å². The molecular formula is C22H12F4N4O4. The molecule has 34 heavy (non-hydrogen) atoms. The van der Waals surface area contributed by atoms with Crippen molar-refractivity contribution in [3.63, 3.8) is 0 Å². The molecule has 0 aliphatic heterocycles. The first kappa shape index (κ1) is 21.4. The Bertz CT molecular complexity index is 1540. The van der Waals surface area contributed by atoms with E-state index < -0.39 is 17.6 Å². The van der Waals surface area contributed by atoms with E-state index in [1.165, 1.54) is 24.6 Å². The van der Waals surface area contributed by atoms with Crippen molar-refractivity contribution in [2.45, 2.75) is 12.8 Å². The Morgan fingerprint density at radius 2 is 1.94 bits per heavy atom. The molecule has 0 amide bonds. The fourth-order valence-corrected chi connectivity index (χ4v) is 3.25. The summed E-state index contributed by atoms with van der Waals surface area (Å²) in [5, 5.41) is 10.4. The Morgan fingerprint density at radius 1 is 1.09 bits per heavy atom. The summed E-state index contributed by atoms with van der Waals surface area (Å²) in [6.45, 7) is -0.201. The Hall–Kier alpha value is -4.48. The molecule has 0 bridgehead atoms. The smallest absolute Gasteiger partial charge is 0.416 e. The summed E-state index contributed by atoms with van der Waals surface area (Å²) in [5.41, 5.74) is -0.419. The Kier molecular flexibility index (Phi) is 5.11. The highest BCUT2D eigenvalue weighted by Crippen LogP contribution is 2.33. The average molecular weight is 472 g/mol. The molecule has 0 aliphatic rings. The average Bonchev–Trinajstić information content (AvgIpc) is 3.49. The predicted octanol–water partition coefficient (Wildman–Crippen LogP) is 4.97. The molecule has 0 aliphatic carbocycles. The number of aromatic nitrogens is 4. The maximum absolute atomic E-state index is 13.6. The van der Waals surface area contributed by atoms with Gasteiger partial charge in [0.1, 0.15) is 23.4 Å². The van der Waals surface area contributed by atoms with Crippen molar-refractivity contribution in [2.75, 3.05) is 0 Å². The van der Waals surface area contributed by atoms with Crippen LogP contribution in [0.5, 0.6) is 5.75 Å². The van der Waals surface area contributed by atoms with Gasteiger partial charge in [0.15, 0.2) is 6.61 Å². The molecule has 0 spiro atoms. The van der Waals surface area contributed by atoms with Crippen molar-refractivity contribution in [1.82, 2.24) is 20.3 Å². The van der Waals surface area contributed by atoms with Crippen LogP contribution in [0, 0.1) is 5.82 Å². The molecule has 5 rings (SSSR count). The van der Waals surface area contributed by atoms with Gasteiger partial charge in [0.05, 0.1) is 22.7 Å². The van der Waals surface area contributed by atoms with Crippen LogP contribution in [-0.4, -0.2) is 20.3 Å². The number of aromatic amines is 1. The summed E-state index contributed by atoms with van der Waals surface area (Å²) < 4.78 is 68.5. The Labute approximate surface area is 186 Å². The summed E-state index contributed by atoms with van der Waals surface area (Å²) >= 11 is 0. The van der Waals surface area contributed by atoms with Crippen LogP contribution in [0.4, 0.5) is 17.6 Å². The van der Waals surface area contributed by atoms with Gasteiger partial charge in [0.25, 0.3) is 5.89 Å². The molecule has 8 nitrogen and oxygen atoms in total. The fourth-order valence-electron chi connectivity index (χ4n) is 3.25. The van der Waals surface area contributed by atoms with E-state index in [0.29, 0.717) is 34.4 Å². The first-order chi connectivity index (χ1) is 16.3. The van der Waals surface area contributed by atoms with Gasteiger partial charge in [0.2, 0.25) is 11.3 Å². The number of alkyl halides is 3. The molecule has 0 radical (unpaired) electrons. The highest BCUT2D eigenvalue weighted by atomic mass is 19.4. The van der Waals surface area contributed by atoms with Gasteiger partial charge < -0.3 is 13.7 Å². The molecule has 2 aromatic carbocycles. The second-order valence-corrected chi connectivity index (χ2v) is 7.15. The van der Waals surface area contributed by atoms with E-state index in [4.69, 9.17) is 13.7 Å². The molecule has 0 saturated heterocycles. The first-order valence-electron chi connectivity index (χ1n) is 9.66. The van der Waals surface area contributed by atoms with Crippen molar-refractivity contribution in [3.8, 4) is 28.3 Å².